The fourth-order valence-corrected chi connectivity index (χ4v) is 3.20. The molecule has 0 fully saturated rings. The van der Waals surface area contributed by atoms with Crippen molar-refractivity contribution in [2.45, 2.75) is 18.4 Å². The number of aromatic nitrogens is 1. The van der Waals surface area contributed by atoms with Crippen molar-refractivity contribution in [3.05, 3.63) is 52.1 Å². The van der Waals surface area contributed by atoms with Crippen LogP contribution in [-0.2, 0) is 16.6 Å². The summed E-state index contributed by atoms with van der Waals surface area (Å²) in [6.07, 6.45) is 0. The Kier molecular flexibility index (Phi) is 4.42. The lowest BCUT2D eigenvalue weighted by Crippen LogP contribution is -2.17. The number of nitrogens with one attached hydrogen (secondary N) is 1. The Labute approximate surface area is 126 Å². The highest BCUT2D eigenvalue weighted by Crippen LogP contribution is 2.21. The average molecular weight is 356 g/mol. The van der Waals surface area contributed by atoms with Crippen molar-refractivity contribution in [2.75, 3.05) is 4.72 Å². The maximum Gasteiger partial charge on any atom is 0.263 e. The third-order valence-electron chi connectivity index (χ3n) is 2.74. The van der Waals surface area contributed by atoms with Crippen molar-refractivity contribution in [1.29, 1.82) is 0 Å². The van der Waals surface area contributed by atoms with Gasteiger partial charge in [0.05, 0.1) is 10.6 Å². The molecule has 2 rings (SSSR count). The predicted molar refractivity (Wildman–Crippen MR) is 81.8 cm³/mol. The lowest BCUT2D eigenvalue weighted by Gasteiger charge is -2.11. The van der Waals surface area contributed by atoms with Crippen LogP contribution in [-0.4, -0.2) is 13.4 Å². The summed E-state index contributed by atoms with van der Waals surface area (Å²) < 4.78 is 28.0. The zero-order chi connectivity index (χ0) is 14.8. The molecule has 1 aromatic carbocycles. The van der Waals surface area contributed by atoms with Gasteiger partial charge in [-0.25, -0.2) is 13.4 Å². The first-order chi connectivity index (χ1) is 9.44. The number of aryl methyl sites for hydroxylation is 1. The second kappa shape index (κ2) is 5.90. The van der Waals surface area contributed by atoms with Gasteiger partial charge >= 0.3 is 0 Å². The third-order valence-corrected chi connectivity index (χ3v) is 5.04. The number of sulfonamides is 1. The molecule has 5 nitrogen and oxygen atoms in total. The summed E-state index contributed by atoms with van der Waals surface area (Å²) in [5, 5.41) is 0. The van der Waals surface area contributed by atoms with Crippen LogP contribution in [0.2, 0.25) is 0 Å². The number of benzene rings is 1. The van der Waals surface area contributed by atoms with E-state index in [0.717, 1.165) is 4.47 Å². The topological polar surface area (TPSA) is 85.1 Å². The first-order valence-corrected chi connectivity index (χ1v) is 8.15. The molecule has 0 atom stereocenters. The summed E-state index contributed by atoms with van der Waals surface area (Å²) >= 11 is 3.32. The van der Waals surface area contributed by atoms with Gasteiger partial charge in [0.25, 0.3) is 10.0 Å². The number of pyridine rings is 1. The monoisotopic (exact) mass is 355 g/mol. The van der Waals surface area contributed by atoms with E-state index in [4.69, 9.17) is 5.73 Å². The van der Waals surface area contributed by atoms with Gasteiger partial charge in [0.15, 0.2) is 0 Å². The molecule has 2 aromatic rings. The van der Waals surface area contributed by atoms with Gasteiger partial charge in [0.2, 0.25) is 0 Å². The van der Waals surface area contributed by atoms with Gasteiger partial charge in [-0.2, -0.15) is 0 Å². The van der Waals surface area contributed by atoms with Gasteiger partial charge < -0.3 is 5.73 Å². The minimum Gasteiger partial charge on any atom is -0.326 e. The van der Waals surface area contributed by atoms with Gasteiger partial charge in [-0.15, -0.1) is 0 Å². The van der Waals surface area contributed by atoms with E-state index in [1.54, 1.807) is 37.3 Å². The number of rotatable bonds is 4. The summed E-state index contributed by atoms with van der Waals surface area (Å²) in [6, 6.07) is 9.97. The molecule has 0 unspecified atom stereocenters. The van der Waals surface area contributed by atoms with Gasteiger partial charge in [0.1, 0.15) is 5.82 Å². The number of hydrogen-bond acceptors (Lipinski definition) is 4. The molecular formula is C13H14BrN3O2S. The molecule has 1 heterocycles. The average Bonchev–Trinajstić information content (AvgIpc) is 2.42. The van der Waals surface area contributed by atoms with Gasteiger partial charge in [-0.1, -0.05) is 18.2 Å². The first kappa shape index (κ1) is 15.0. The highest BCUT2D eigenvalue weighted by molar-refractivity contribution is 9.10. The zero-order valence-corrected chi connectivity index (χ0v) is 13.2. The molecule has 0 aliphatic heterocycles. The molecule has 7 heteroatoms. The molecule has 0 aliphatic carbocycles. The summed E-state index contributed by atoms with van der Waals surface area (Å²) in [5.41, 5.74) is 6.84. The Morgan fingerprint density at radius 2 is 1.95 bits per heavy atom. The molecule has 1 aromatic heterocycles. The molecule has 3 N–H and O–H groups in total. The summed E-state index contributed by atoms with van der Waals surface area (Å²) in [6.45, 7) is 1.94. The molecule has 106 valence electrons. The summed E-state index contributed by atoms with van der Waals surface area (Å²) in [5.74, 6) is 0.275. The van der Waals surface area contributed by atoms with Crippen LogP contribution >= 0.6 is 15.9 Å². The Bertz CT molecular complexity index is 732. The number of hydrogen-bond donors (Lipinski definition) is 2. The quantitative estimate of drug-likeness (QED) is 0.881. The van der Waals surface area contributed by atoms with Crippen LogP contribution in [0.1, 0.15) is 11.3 Å². The van der Waals surface area contributed by atoms with Crippen molar-refractivity contribution >= 4 is 31.8 Å². The lowest BCUT2D eigenvalue weighted by molar-refractivity contribution is 0.600. The second-order valence-electron chi connectivity index (χ2n) is 4.18. The van der Waals surface area contributed by atoms with Gasteiger partial charge in [-0.05, 0) is 46.6 Å². The highest BCUT2D eigenvalue weighted by atomic mass is 79.9. The van der Waals surface area contributed by atoms with E-state index in [9.17, 15) is 8.42 Å². The van der Waals surface area contributed by atoms with Crippen molar-refractivity contribution in [3.63, 3.8) is 0 Å². The SMILES string of the molecule is Cc1nc(NS(=O)(=O)c2ccccc2CN)ccc1Br. The standard InChI is InChI=1S/C13H14BrN3O2S/c1-9-11(14)6-7-13(16-9)17-20(18,19)12-5-3-2-4-10(12)8-15/h2-7H,8,15H2,1H3,(H,16,17). The zero-order valence-electron chi connectivity index (χ0n) is 10.8. The van der Waals surface area contributed by atoms with E-state index in [1.165, 1.54) is 6.07 Å². The Balaban J connectivity index is 2.38. The van der Waals surface area contributed by atoms with Crippen molar-refractivity contribution in [1.82, 2.24) is 4.98 Å². The highest BCUT2D eigenvalue weighted by Gasteiger charge is 2.18. The number of anilines is 1. The third kappa shape index (κ3) is 3.17. The fraction of sp³-hybridized carbons (Fsp3) is 0.154. The molecule has 0 radical (unpaired) electrons. The van der Waals surface area contributed by atoms with Crippen molar-refractivity contribution < 1.29 is 8.42 Å². The molecule has 0 bridgehead atoms. The maximum absolute atomic E-state index is 12.4. The van der Waals surface area contributed by atoms with E-state index < -0.39 is 10.0 Å². The summed E-state index contributed by atoms with van der Waals surface area (Å²) in [7, 11) is -3.69. The number of halogens is 1. The van der Waals surface area contributed by atoms with Crippen LogP contribution in [0.5, 0.6) is 0 Å². The van der Waals surface area contributed by atoms with Gasteiger partial charge in [-0.3, -0.25) is 4.72 Å². The molecule has 20 heavy (non-hydrogen) atoms. The molecule has 0 aliphatic rings. The largest absolute Gasteiger partial charge is 0.326 e. The molecule has 0 amide bonds. The lowest BCUT2D eigenvalue weighted by atomic mass is 10.2. The Morgan fingerprint density at radius 3 is 2.60 bits per heavy atom. The van der Waals surface area contributed by atoms with Crippen LogP contribution in [0.3, 0.4) is 0 Å². The van der Waals surface area contributed by atoms with E-state index in [1.807, 2.05) is 0 Å². The number of nitrogens with two attached hydrogens (primary N) is 1. The minimum atomic E-state index is -3.69. The van der Waals surface area contributed by atoms with Gasteiger partial charge in [0, 0.05) is 11.0 Å². The predicted octanol–water partition coefficient (Wildman–Crippen LogP) is 2.41. The normalized spacial score (nSPS) is 11.3. The van der Waals surface area contributed by atoms with Crippen LogP contribution in [0.15, 0.2) is 45.8 Å². The first-order valence-electron chi connectivity index (χ1n) is 5.88. The molecule has 0 spiro atoms. The van der Waals surface area contributed by atoms with Crippen molar-refractivity contribution in [2.24, 2.45) is 5.73 Å². The van der Waals surface area contributed by atoms with Crippen LogP contribution in [0, 0.1) is 6.92 Å². The van der Waals surface area contributed by atoms with E-state index >= 15 is 0 Å². The van der Waals surface area contributed by atoms with E-state index in [-0.39, 0.29) is 17.3 Å². The smallest absolute Gasteiger partial charge is 0.263 e. The maximum atomic E-state index is 12.4. The minimum absolute atomic E-state index is 0.157. The van der Waals surface area contributed by atoms with E-state index in [2.05, 4.69) is 25.6 Å². The molecule has 0 saturated heterocycles. The fourth-order valence-electron chi connectivity index (χ4n) is 1.73. The Morgan fingerprint density at radius 1 is 1.25 bits per heavy atom. The van der Waals surface area contributed by atoms with Crippen molar-refractivity contribution in [3.8, 4) is 0 Å². The number of nitrogens with zero attached hydrogens (tertiary/aromatic N) is 1. The molecule has 0 saturated carbocycles. The van der Waals surface area contributed by atoms with Crippen LogP contribution < -0.4 is 10.5 Å². The van der Waals surface area contributed by atoms with Crippen LogP contribution in [0.25, 0.3) is 0 Å². The van der Waals surface area contributed by atoms with Crippen LogP contribution in [0.4, 0.5) is 5.82 Å². The Hall–Kier alpha value is -1.44. The van der Waals surface area contributed by atoms with E-state index in [0.29, 0.717) is 11.3 Å². The second-order valence-corrected chi connectivity index (χ2v) is 6.69. The molecular weight excluding hydrogens is 342 g/mol. The summed E-state index contributed by atoms with van der Waals surface area (Å²) in [4.78, 5) is 4.34.